The first-order valence-corrected chi connectivity index (χ1v) is 15.0. The molecular weight excluding hydrogens is 559 g/mol. The fourth-order valence-corrected chi connectivity index (χ4v) is 4.70. The second-order valence-electron chi connectivity index (χ2n) is 10.9. The SMILES string of the molecule is C=C(CO)C(=O)OCC(COC(=O)C(=C)COC)c1ccc(CCc2ccc(-c3ccc(CCCCC)cc3)cc2F)cc1. The molecule has 0 aliphatic carbocycles. The van der Waals surface area contributed by atoms with Crippen molar-refractivity contribution in [3.63, 3.8) is 0 Å². The van der Waals surface area contributed by atoms with Crippen molar-refractivity contribution in [3.8, 4) is 11.1 Å². The van der Waals surface area contributed by atoms with Crippen LogP contribution in [0.15, 0.2) is 91.0 Å². The van der Waals surface area contributed by atoms with Gasteiger partial charge in [-0.15, -0.1) is 0 Å². The molecule has 1 atom stereocenters. The van der Waals surface area contributed by atoms with Crippen LogP contribution < -0.4 is 0 Å². The quantitative estimate of drug-likeness (QED) is 0.0966. The predicted molar refractivity (Wildman–Crippen MR) is 171 cm³/mol. The topological polar surface area (TPSA) is 82.1 Å². The lowest BCUT2D eigenvalue weighted by molar-refractivity contribution is -0.143. The van der Waals surface area contributed by atoms with Crippen LogP contribution in [0.5, 0.6) is 0 Å². The Labute approximate surface area is 260 Å². The van der Waals surface area contributed by atoms with Gasteiger partial charge in [-0.05, 0) is 65.1 Å². The zero-order chi connectivity index (χ0) is 31.9. The van der Waals surface area contributed by atoms with E-state index in [4.69, 9.17) is 19.3 Å². The highest BCUT2D eigenvalue weighted by molar-refractivity contribution is 5.88. The number of aliphatic hydroxyl groups excluding tert-OH is 1. The molecule has 0 aliphatic heterocycles. The monoisotopic (exact) mass is 602 g/mol. The number of hydrogen-bond donors (Lipinski definition) is 1. The van der Waals surface area contributed by atoms with Crippen molar-refractivity contribution in [2.75, 3.05) is 33.5 Å². The average molecular weight is 603 g/mol. The molecule has 0 aliphatic rings. The fraction of sp³-hybridized carbons (Fsp3) is 0.351. The van der Waals surface area contributed by atoms with E-state index in [1.54, 1.807) is 6.07 Å². The maximum atomic E-state index is 15.1. The molecule has 0 amide bonds. The summed E-state index contributed by atoms with van der Waals surface area (Å²) in [6.45, 7) is 8.71. The zero-order valence-electron chi connectivity index (χ0n) is 25.8. The van der Waals surface area contributed by atoms with Crippen LogP contribution in [0.1, 0.15) is 54.4 Å². The normalized spacial score (nSPS) is 11.5. The van der Waals surface area contributed by atoms with Crippen molar-refractivity contribution < 1.29 is 33.3 Å². The van der Waals surface area contributed by atoms with Crippen molar-refractivity contribution in [3.05, 3.63) is 119 Å². The molecule has 1 unspecified atom stereocenters. The summed E-state index contributed by atoms with van der Waals surface area (Å²) in [5.41, 5.74) is 5.70. The number of halogens is 1. The van der Waals surface area contributed by atoms with E-state index in [9.17, 15) is 9.59 Å². The van der Waals surface area contributed by atoms with Crippen molar-refractivity contribution in [1.82, 2.24) is 0 Å². The number of benzene rings is 3. The maximum Gasteiger partial charge on any atom is 0.335 e. The summed E-state index contributed by atoms with van der Waals surface area (Å²) in [5.74, 6) is -2.02. The molecule has 0 saturated heterocycles. The van der Waals surface area contributed by atoms with Crippen LogP contribution in [-0.2, 0) is 43.1 Å². The van der Waals surface area contributed by atoms with Gasteiger partial charge >= 0.3 is 11.9 Å². The summed E-state index contributed by atoms with van der Waals surface area (Å²) in [7, 11) is 1.45. The van der Waals surface area contributed by atoms with E-state index in [0.717, 1.165) is 28.7 Å². The average Bonchev–Trinajstić information content (AvgIpc) is 3.04. The second-order valence-corrected chi connectivity index (χ2v) is 10.9. The Morgan fingerprint density at radius 1 is 0.795 bits per heavy atom. The van der Waals surface area contributed by atoms with E-state index >= 15 is 4.39 Å². The van der Waals surface area contributed by atoms with E-state index in [1.807, 2.05) is 36.4 Å². The van der Waals surface area contributed by atoms with Gasteiger partial charge in [0.1, 0.15) is 19.0 Å². The molecule has 7 heteroatoms. The Morgan fingerprint density at radius 3 is 1.98 bits per heavy atom. The molecule has 1 N–H and O–H groups in total. The molecule has 3 aromatic carbocycles. The highest BCUT2D eigenvalue weighted by Crippen LogP contribution is 2.25. The van der Waals surface area contributed by atoms with Gasteiger partial charge in [-0.3, -0.25) is 0 Å². The lowest BCUT2D eigenvalue weighted by Crippen LogP contribution is -2.21. The highest BCUT2D eigenvalue weighted by Gasteiger charge is 2.19. The van der Waals surface area contributed by atoms with Gasteiger partial charge in [0.25, 0.3) is 0 Å². The Hall–Kier alpha value is -4.07. The van der Waals surface area contributed by atoms with Crippen LogP contribution >= 0.6 is 0 Å². The van der Waals surface area contributed by atoms with Gasteiger partial charge in [0.05, 0.1) is 30.3 Å². The van der Waals surface area contributed by atoms with Gasteiger partial charge < -0.3 is 19.3 Å². The summed E-state index contributed by atoms with van der Waals surface area (Å²) < 4.78 is 30.7. The molecule has 6 nitrogen and oxygen atoms in total. The number of carbonyl (C=O) groups excluding carboxylic acids is 2. The number of ether oxygens (including phenoxy) is 3. The number of aliphatic hydroxyl groups is 1. The molecule has 0 spiro atoms. The Kier molecular flexibility index (Phi) is 14.0. The van der Waals surface area contributed by atoms with Crippen LogP contribution in [0, 0.1) is 5.82 Å². The first kappa shape index (κ1) is 34.4. The zero-order valence-corrected chi connectivity index (χ0v) is 25.8. The number of methoxy groups -OCH3 is 1. The van der Waals surface area contributed by atoms with Gasteiger partial charge in [0, 0.05) is 7.11 Å². The minimum Gasteiger partial charge on any atom is -0.461 e. The van der Waals surface area contributed by atoms with E-state index in [0.29, 0.717) is 18.4 Å². The van der Waals surface area contributed by atoms with E-state index in [1.165, 1.54) is 31.9 Å². The van der Waals surface area contributed by atoms with Crippen LogP contribution in [0.25, 0.3) is 11.1 Å². The minimum absolute atomic E-state index is 0.0408. The van der Waals surface area contributed by atoms with Crippen molar-refractivity contribution in [2.45, 2.75) is 51.4 Å². The number of carbonyl (C=O) groups is 2. The molecule has 44 heavy (non-hydrogen) atoms. The third-order valence-corrected chi connectivity index (χ3v) is 7.46. The predicted octanol–water partition coefficient (Wildman–Crippen LogP) is 6.93. The first-order chi connectivity index (χ1) is 21.2. The van der Waals surface area contributed by atoms with Crippen LogP contribution in [-0.4, -0.2) is 50.6 Å². The lowest BCUT2D eigenvalue weighted by atomic mass is 9.96. The number of aryl methyl sites for hydroxylation is 3. The Bertz CT molecular complexity index is 1390. The largest absolute Gasteiger partial charge is 0.461 e. The number of esters is 2. The number of rotatable bonds is 18. The fourth-order valence-electron chi connectivity index (χ4n) is 4.70. The van der Waals surface area contributed by atoms with Crippen molar-refractivity contribution >= 4 is 11.9 Å². The standard InChI is InChI=1S/C37H43FO6/c1-5-6-7-8-28-9-14-30(15-10-28)33-20-19-32(35(38)21-33)18-13-29-11-16-31(17-12-29)34(24-43-36(40)26(2)22-39)25-44-37(41)27(3)23-42-4/h9-12,14-17,19-21,34,39H,2-3,5-8,13,18,22-25H2,1,4H3. The van der Waals surface area contributed by atoms with Gasteiger partial charge in [-0.25, -0.2) is 14.0 Å². The second kappa shape index (κ2) is 17.9. The molecule has 0 fully saturated rings. The molecule has 3 rings (SSSR count). The smallest absolute Gasteiger partial charge is 0.335 e. The van der Waals surface area contributed by atoms with Crippen LogP contribution in [0.3, 0.4) is 0 Å². The Morgan fingerprint density at radius 2 is 1.39 bits per heavy atom. The molecule has 0 saturated carbocycles. The molecule has 0 bridgehead atoms. The van der Waals surface area contributed by atoms with E-state index in [2.05, 4.69) is 44.3 Å². The summed E-state index contributed by atoms with van der Waals surface area (Å²) in [6, 6.07) is 21.4. The summed E-state index contributed by atoms with van der Waals surface area (Å²) in [4.78, 5) is 24.3. The third-order valence-electron chi connectivity index (χ3n) is 7.46. The molecule has 0 heterocycles. The summed E-state index contributed by atoms with van der Waals surface area (Å²) in [6.07, 6.45) is 5.83. The van der Waals surface area contributed by atoms with Crippen molar-refractivity contribution in [2.24, 2.45) is 0 Å². The minimum atomic E-state index is -0.725. The number of hydrogen-bond acceptors (Lipinski definition) is 6. The molecule has 0 radical (unpaired) electrons. The number of unbranched alkanes of at least 4 members (excludes halogenated alkanes) is 2. The van der Waals surface area contributed by atoms with Gasteiger partial charge in [0.15, 0.2) is 0 Å². The molecule has 0 aromatic heterocycles. The van der Waals surface area contributed by atoms with Crippen molar-refractivity contribution in [1.29, 1.82) is 0 Å². The van der Waals surface area contributed by atoms with Gasteiger partial charge in [0.2, 0.25) is 0 Å². The highest BCUT2D eigenvalue weighted by atomic mass is 19.1. The van der Waals surface area contributed by atoms with Crippen LogP contribution in [0.2, 0.25) is 0 Å². The summed E-state index contributed by atoms with van der Waals surface area (Å²) in [5, 5.41) is 9.15. The molecule has 3 aromatic rings. The van der Waals surface area contributed by atoms with E-state index < -0.39 is 24.5 Å². The first-order valence-electron chi connectivity index (χ1n) is 15.0. The lowest BCUT2D eigenvalue weighted by Gasteiger charge is -2.19. The molecule has 234 valence electrons. The molecular formula is C37H43FO6. The van der Waals surface area contributed by atoms with Gasteiger partial charge in [-0.2, -0.15) is 0 Å². The third kappa shape index (κ3) is 10.6. The van der Waals surface area contributed by atoms with Crippen LogP contribution in [0.4, 0.5) is 4.39 Å². The Balaban J connectivity index is 1.62. The van der Waals surface area contributed by atoms with E-state index in [-0.39, 0.29) is 36.8 Å². The van der Waals surface area contributed by atoms with Gasteiger partial charge in [-0.1, -0.05) is 93.6 Å². The maximum absolute atomic E-state index is 15.1. The summed E-state index contributed by atoms with van der Waals surface area (Å²) >= 11 is 0.